The van der Waals surface area contributed by atoms with E-state index in [1.807, 2.05) is 6.07 Å². The van der Waals surface area contributed by atoms with Gasteiger partial charge in [0.25, 0.3) is 0 Å². The molecule has 1 heteroatoms. The van der Waals surface area contributed by atoms with Gasteiger partial charge in [-0.25, -0.2) is 0 Å². The van der Waals surface area contributed by atoms with Gasteiger partial charge < -0.3 is 0 Å². The van der Waals surface area contributed by atoms with Gasteiger partial charge in [0.15, 0.2) is 0 Å². The van der Waals surface area contributed by atoms with Gasteiger partial charge in [0, 0.05) is 5.02 Å². The number of benzene rings is 1. The molecule has 0 saturated carbocycles. The fraction of sp³-hybridized carbons (Fsp3) is 0.455. The maximum absolute atomic E-state index is 6.04. The fourth-order valence-corrected chi connectivity index (χ4v) is 2.24. The summed E-state index contributed by atoms with van der Waals surface area (Å²) in [6.07, 6.45) is 2.50. The summed E-state index contributed by atoms with van der Waals surface area (Å²) in [4.78, 5) is 0. The summed E-state index contributed by atoms with van der Waals surface area (Å²) in [6.45, 7) is 4.42. The summed E-state index contributed by atoms with van der Waals surface area (Å²) < 4.78 is 0. The normalized spacial score (nSPS) is 21.1. The Kier molecular flexibility index (Phi) is 1.88. The van der Waals surface area contributed by atoms with E-state index in [-0.39, 0.29) is 0 Å². The van der Waals surface area contributed by atoms with Crippen LogP contribution in [0.5, 0.6) is 0 Å². The van der Waals surface area contributed by atoms with Crippen LogP contribution in [0.25, 0.3) is 0 Å². The van der Waals surface area contributed by atoms with Crippen molar-refractivity contribution in [3.63, 3.8) is 0 Å². The lowest BCUT2D eigenvalue weighted by Crippen LogP contribution is -1.89. The van der Waals surface area contributed by atoms with Crippen LogP contribution >= 0.6 is 11.6 Å². The molecule has 0 radical (unpaired) electrons. The lowest BCUT2D eigenvalue weighted by Gasteiger charge is -2.07. The van der Waals surface area contributed by atoms with Gasteiger partial charge in [-0.15, -0.1) is 0 Å². The van der Waals surface area contributed by atoms with Gasteiger partial charge >= 0.3 is 0 Å². The molecule has 1 atom stereocenters. The third kappa shape index (κ3) is 1.06. The highest BCUT2D eigenvalue weighted by Crippen LogP contribution is 2.36. The molecule has 12 heavy (non-hydrogen) atoms. The maximum atomic E-state index is 6.04. The topological polar surface area (TPSA) is 0 Å². The molecule has 1 aliphatic carbocycles. The van der Waals surface area contributed by atoms with Crippen LogP contribution in [-0.4, -0.2) is 0 Å². The molecular formula is C11H13Cl. The van der Waals surface area contributed by atoms with Crippen LogP contribution in [0, 0.1) is 6.92 Å². The third-order valence-electron chi connectivity index (χ3n) is 2.93. The molecule has 0 saturated heterocycles. The third-order valence-corrected chi connectivity index (χ3v) is 3.34. The van der Waals surface area contributed by atoms with E-state index in [2.05, 4.69) is 19.9 Å². The van der Waals surface area contributed by atoms with Gasteiger partial charge in [-0.05, 0) is 48.4 Å². The molecule has 0 aliphatic heterocycles. The summed E-state index contributed by atoms with van der Waals surface area (Å²) >= 11 is 6.04. The van der Waals surface area contributed by atoms with Gasteiger partial charge in [-0.1, -0.05) is 24.6 Å². The van der Waals surface area contributed by atoms with Crippen molar-refractivity contribution in [1.29, 1.82) is 0 Å². The van der Waals surface area contributed by atoms with Crippen molar-refractivity contribution in [3.8, 4) is 0 Å². The van der Waals surface area contributed by atoms with Crippen molar-refractivity contribution < 1.29 is 0 Å². The first-order valence-corrected chi connectivity index (χ1v) is 4.86. The largest absolute Gasteiger partial charge is 0.0840 e. The zero-order valence-corrected chi connectivity index (χ0v) is 8.28. The van der Waals surface area contributed by atoms with Crippen molar-refractivity contribution >= 4 is 11.6 Å². The van der Waals surface area contributed by atoms with E-state index in [1.165, 1.54) is 29.5 Å². The number of hydrogen-bond acceptors (Lipinski definition) is 0. The standard InChI is InChI=1S/C11H13Cl/c1-7-3-4-10-8(2)11(12)6-5-9(7)10/h5-7H,3-4H2,1-2H3. The SMILES string of the molecule is Cc1c(Cl)ccc2c1CCC2C. The summed E-state index contributed by atoms with van der Waals surface area (Å²) in [6, 6.07) is 4.21. The number of rotatable bonds is 0. The Bertz CT molecular complexity index is 315. The first-order valence-electron chi connectivity index (χ1n) is 4.48. The number of hydrogen-bond donors (Lipinski definition) is 0. The zero-order valence-electron chi connectivity index (χ0n) is 7.52. The van der Waals surface area contributed by atoms with Crippen LogP contribution in [0.2, 0.25) is 5.02 Å². The van der Waals surface area contributed by atoms with E-state index in [0.29, 0.717) is 0 Å². The molecule has 0 aromatic heterocycles. The van der Waals surface area contributed by atoms with Gasteiger partial charge in [0.05, 0.1) is 0 Å². The predicted molar refractivity (Wildman–Crippen MR) is 52.9 cm³/mol. The molecule has 0 heterocycles. The van der Waals surface area contributed by atoms with Crippen molar-refractivity contribution in [3.05, 3.63) is 33.8 Å². The molecule has 1 aromatic rings. The quantitative estimate of drug-likeness (QED) is 0.571. The predicted octanol–water partition coefficient (Wildman–Crippen LogP) is 3.70. The second kappa shape index (κ2) is 2.77. The summed E-state index contributed by atoms with van der Waals surface area (Å²) in [5.41, 5.74) is 4.30. The molecular weight excluding hydrogens is 168 g/mol. The average Bonchev–Trinajstić information content (AvgIpc) is 2.41. The lowest BCUT2D eigenvalue weighted by atomic mass is 10.0. The molecule has 0 fully saturated rings. The molecule has 64 valence electrons. The molecule has 0 bridgehead atoms. The van der Waals surface area contributed by atoms with Crippen LogP contribution in [-0.2, 0) is 6.42 Å². The second-order valence-corrected chi connectivity index (χ2v) is 4.09. The minimum absolute atomic E-state index is 0.732. The summed E-state index contributed by atoms with van der Waals surface area (Å²) in [5.74, 6) is 0.732. The molecule has 1 aromatic carbocycles. The van der Waals surface area contributed by atoms with Crippen LogP contribution in [0.3, 0.4) is 0 Å². The Morgan fingerprint density at radius 2 is 2.17 bits per heavy atom. The Morgan fingerprint density at radius 1 is 1.42 bits per heavy atom. The van der Waals surface area contributed by atoms with Gasteiger partial charge in [0.1, 0.15) is 0 Å². The average molecular weight is 181 g/mol. The van der Waals surface area contributed by atoms with Crippen LogP contribution in [0.15, 0.2) is 12.1 Å². The molecule has 2 rings (SSSR count). The van der Waals surface area contributed by atoms with Crippen molar-refractivity contribution in [2.45, 2.75) is 32.6 Å². The van der Waals surface area contributed by atoms with Gasteiger partial charge in [0.2, 0.25) is 0 Å². The Labute approximate surface area is 78.6 Å². The molecule has 0 nitrogen and oxygen atoms in total. The fourth-order valence-electron chi connectivity index (χ4n) is 2.06. The Morgan fingerprint density at radius 3 is 2.92 bits per heavy atom. The minimum Gasteiger partial charge on any atom is -0.0840 e. The van der Waals surface area contributed by atoms with E-state index in [0.717, 1.165) is 10.9 Å². The summed E-state index contributed by atoms with van der Waals surface area (Å²) in [7, 11) is 0. The highest BCUT2D eigenvalue weighted by Gasteiger charge is 2.20. The van der Waals surface area contributed by atoms with Crippen molar-refractivity contribution in [1.82, 2.24) is 0 Å². The first kappa shape index (κ1) is 8.12. The second-order valence-electron chi connectivity index (χ2n) is 3.68. The van der Waals surface area contributed by atoms with E-state index in [1.54, 1.807) is 0 Å². The first-order chi connectivity index (χ1) is 5.70. The van der Waals surface area contributed by atoms with E-state index in [9.17, 15) is 0 Å². The number of halogens is 1. The minimum atomic E-state index is 0.732. The summed E-state index contributed by atoms with van der Waals surface area (Å²) in [5, 5.41) is 0.919. The highest BCUT2D eigenvalue weighted by molar-refractivity contribution is 6.31. The molecule has 0 amide bonds. The van der Waals surface area contributed by atoms with Crippen LogP contribution < -0.4 is 0 Å². The van der Waals surface area contributed by atoms with Crippen LogP contribution in [0.1, 0.15) is 36.0 Å². The Balaban J connectivity index is 2.60. The van der Waals surface area contributed by atoms with Gasteiger partial charge in [-0.2, -0.15) is 0 Å². The van der Waals surface area contributed by atoms with E-state index < -0.39 is 0 Å². The lowest BCUT2D eigenvalue weighted by molar-refractivity contribution is 0.747. The molecule has 0 N–H and O–H groups in total. The van der Waals surface area contributed by atoms with E-state index in [4.69, 9.17) is 11.6 Å². The highest BCUT2D eigenvalue weighted by atomic mass is 35.5. The van der Waals surface area contributed by atoms with Crippen LogP contribution in [0.4, 0.5) is 0 Å². The number of fused-ring (bicyclic) bond motifs is 1. The molecule has 1 unspecified atom stereocenters. The van der Waals surface area contributed by atoms with Crippen molar-refractivity contribution in [2.24, 2.45) is 0 Å². The smallest absolute Gasteiger partial charge is 0.0438 e. The van der Waals surface area contributed by atoms with E-state index >= 15 is 0 Å². The molecule has 0 spiro atoms. The monoisotopic (exact) mass is 180 g/mol. The van der Waals surface area contributed by atoms with Gasteiger partial charge in [-0.3, -0.25) is 0 Å². The Hall–Kier alpha value is -0.490. The molecule has 1 aliphatic rings. The van der Waals surface area contributed by atoms with Crippen molar-refractivity contribution in [2.75, 3.05) is 0 Å². The maximum Gasteiger partial charge on any atom is 0.0438 e. The zero-order chi connectivity index (χ0) is 8.72.